The lowest BCUT2D eigenvalue weighted by molar-refractivity contribution is 0.304. The number of nitrogens with one attached hydrogen (secondary N) is 1. The molecule has 3 rings (SSSR count). The van der Waals surface area contributed by atoms with Crippen molar-refractivity contribution >= 4 is 11.6 Å². The molecule has 0 spiro atoms. The molecule has 0 bridgehead atoms. The predicted octanol–water partition coefficient (Wildman–Crippen LogP) is 3.79. The van der Waals surface area contributed by atoms with E-state index in [0.29, 0.717) is 17.4 Å². The maximum atomic E-state index is 6.11. The third-order valence-corrected chi connectivity index (χ3v) is 4.30. The van der Waals surface area contributed by atoms with Crippen LogP contribution in [0.15, 0.2) is 42.5 Å². The van der Waals surface area contributed by atoms with Crippen molar-refractivity contribution in [3.63, 3.8) is 0 Å². The van der Waals surface area contributed by atoms with Crippen molar-refractivity contribution in [2.24, 2.45) is 0 Å². The van der Waals surface area contributed by atoms with E-state index in [2.05, 4.69) is 17.4 Å². The highest BCUT2D eigenvalue weighted by molar-refractivity contribution is 6.32. The Balaban J connectivity index is 1.96. The zero-order chi connectivity index (χ0) is 14.8. The number of fused-ring (bicyclic) bond motifs is 1. The van der Waals surface area contributed by atoms with Gasteiger partial charge in [-0.2, -0.15) is 0 Å². The predicted molar refractivity (Wildman–Crippen MR) is 84.5 cm³/mol. The lowest BCUT2D eigenvalue weighted by Gasteiger charge is -2.23. The molecule has 3 nitrogen and oxygen atoms in total. The minimum absolute atomic E-state index is 0.153. The van der Waals surface area contributed by atoms with Gasteiger partial charge in [-0.05, 0) is 30.8 Å². The molecule has 1 aliphatic heterocycles. The fourth-order valence-electron chi connectivity index (χ4n) is 2.93. The SMILES string of the molecule is CNC(c1ccc(Cl)c(OC)c1)C1COc2ccccc21. The molecule has 4 heteroatoms. The smallest absolute Gasteiger partial charge is 0.137 e. The van der Waals surface area contributed by atoms with E-state index in [1.807, 2.05) is 37.4 Å². The summed E-state index contributed by atoms with van der Waals surface area (Å²) in [5.74, 6) is 1.95. The second-order valence-corrected chi connectivity index (χ2v) is 5.52. The number of ether oxygens (including phenoxy) is 2. The molecular weight excluding hydrogens is 286 g/mol. The Morgan fingerprint density at radius 3 is 2.86 bits per heavy atom. The average Bonchev–Trinajstić information content (AvgIpc) is 2.94. The number of benzene rings is 2. The van der Waals surface area contributed by atoms with Crippen LogP contribution in [-0.2, 0) is 0 Å². The summed E-state index contributed by atoms with van der Waals surface area (Å²) in [7, 11) is 3.60. The van der Waals surface area contributed by atoms with Crippen LogP contribution in [0.4, 0.5) is 0 Å². The zero-order valence-electron chi connectivity index (χ0n) is 12.1. The minimum Gasteiger partial charge on any atom is -0.495 e. The van der Waals surface area contributed by atoms with Crippen molar-refractivity contribution in [2.75, 3.05) is 20.8 Å². The molecular formula is C17H18ClNO2. The van der Waals surface area contributed by atoms with Crippen LogP contribution < -0.4 is 14.8 Å². The van der Waals surface area contributed by atoms with Crippen LogP contribution in [0.25, 0.3) is 0 Å². The highest BCUT2D eigenvalue weighted by Crippen LogP contribution is 2.42. The van der Waals surface area contributed by atoms with Crippen molar-refractivity contribution in [1.29, 1.82) is 0 Å². The molecule has 0 fully saturated rings. The van der Waals surface area contributed by atoms with Crippen molar-refractivity contribution in [2.45, 2.75) is 12.0 Å². The summed E-state index contributed by atoms with van der Waals surface area (Å²) in [6.07, 6.45) is 0. The lowest BCUT2D eigenvalue weighted by atomic mass is 9.88. The van der Waals surface area contributed by atoms with Gasteiger partial charge in [-0.3, -0.25) is 0 Å². The normalized spacial score (nSPS) is 18.0. The molecule has 2 atom stereocenters. The average molecular weight is 304 g/mol. The number of halogens is 1. The topological polar surface area (TPSA) is 30.5 Å². The molecule has 1 heterocycles. The summed E-state index contributed by atoms with van der Waals surface area (Å²) in [5.41, 5.74) is 2.38. The van der Waals surface area contributed by atoms with E-state index in [-0.39, 0.29) is 12.0 Å². The van der Waals surface area contributed by atoms with Gasteiger partial charge in [0.05, 0.1) is 18.7 Å². The first-order chi connectivity index (χ1) is 10.2. The number of likely N-dealkylation sites (N-methyl/N-ethyl adjacent to an activating group) is 1. The quantitative estimate of drug-likeness (QED) is 0.932. The Labute approximate surface area is 129 Å². The van der Waals surface area contributed by atoms with Crippen molar-refractivity contribution in [1.82, 2.24) is 5.32 Å². The van der Waals surface area contributed by atoms with Crippen LogP contribution in [0.2, 0.25) is 5.02 Å². The molecule has 0 radical (unpaired) electrons. The molecule has 0 aliphatic carbocycles. The number of hydrogen-bond donors (Lipinski definition) is 1. The van der Waals surface area contributed by atoms with E-state index in [9.17, 15) is 0 Å². The van der Waals surface area contributed by atoms with Gasteiger partial charge in [0.15, 0.2) is 0 Å². The van der Waals surface area contributed by atoms with Gasteiger partial charge in [-0.1, -0.05) is 35.9 Å². The Hall–Kier alpha value is -1.71. The van der Waals surface area contributed by atoms with E-state index < -0.39 is 0 Å². The van der Waals surface area contributed by atoms with Gasteiger partial charge in [-0.15, -0.1) is 0 Å². The fraction of sp³-hybridized carbons (Fsp3) is 0.294. The van der Waals surface area contributed by atoms with Crippen LogP contribution in [-0.4, -0.2) is 20.8 Å². The molecule has 0 saturated heterocycles. The molecule has 110 valence electrons. The molecule has 2 unspecified atom stereocenters. The van der Waals surface area contributed by atoms with Crippen LogP contribution in [0.1, 0.15) is 23.1 Å². The van der Waals surface area contributed by atoms with Gasteiger partial charge < -0.3 is 14.8 Å². The van der Waals surface area contributed by atoms with Gasteiger partial charge in [0.2, 0.25) is 0 Å². The molecule has 1 N–H and O–H groups in total. The molecule has 0 aromatic heterocycles. The number of para-hydroxylation sites is 1. The highest BCUT2D eigenvalue weighted by atomic mass is 35.5. The first-order valence-corrected chi connectivity index (χ1v) is 7.35. The molecule has 2 aromatic carbocycles. The summed E-state index contributed by atoms with van der Waals surface area (Å²) in [4.78, 5) is 0. The lowest BCUT2D eigenvalue weighted by Crippen LogP contribution is -2.25. The molecule has 21 heavy (non-hydrogen) atoms. The van der Waals surface area contributed by atoms with E-state index in [4.69, 9.17) is 21.1 Å². The second-order valence-electron chi connectivity index (χ2n) is 5.12. The Kier molecular flexibility index (Phi) is 4.04. The second kappa shape index (κ2) is 5.96. The summed E-state index contributed by atoms with van der Waals surface area (Å²) in [6.45, 7) is 0.676. The third-order valence-electron chi connectivity index (χ3n) is 3.98. The maximum absolute atomic E-state index is 6.11. The molecule has 0 saturated carbocycles. The fourth-order valence-corrected chi connectivity index (χ4v) is 3.13. The summed E-state index contributed by atoms with van der Waals surface area (Å²) in [6, 6.07) is 14.3. The molecule has 1 aliphatic rings. The van der Waals surface area contributed by atoms with Crippen molar-refractivity contribution in [3.8, 4) is 11.5 Å². The van der Waals surface area contributed by atoms with Crippen LogP contribution in [0.3, 0.4) is 0 Å². The Morgan fingerprint density at radius 1 is 1.29 bits per heavy atom. The molecule has 0 amide bonds. The number of rotatable bonds is 4. The van der Waals surface area contributed by atoms with Gasteiger partial charge in [0, 0.05) is 17.5 Å². The Bertz CT molecular complexity index is 644. The summed E-state index contributed by atoms with van der Waals surface area (Å²) >= 11 is 6.11. The van der Waals surface area contributed by atoms with Crippen LogP contribution >= 0.6 is 11.6 Å². The van der Waals surface area contributed by atoms with Crippen molar-refractivity contribution in [3.05, 3.63) is 58.6 Å². The largest absolute Gasteiger partial charge is 0.495 e. The number of methoxy groups -OCH3 is 1. The highest BCUT2D eigenvalue weighted by Gasteiger charge is 2.31. The Morgan fingerprint density at radius 2 is 2.10 bits per heavy atom. The first-order valence-electron chi connectivity index (χ1n) is 6.97. The molecule has 2 aromatic rings. The monoisotopic (exact) mass is 303 g/mol. The first kappa shape index (κ1) is 14.2. The maximum Gasteiger partial charge on any atom is 0.137 e. The zero-order valence-corrected chi connectivity index (χ0v) is 12.9. The third kappa shape index (κ3) is 2.59. The van der Waals surface area contributed by atoms with Gasteiger partial charge in [-0.25, -0.2) is 0 Å². The van der Waals surface area contributed by atoms with Crippen LogP contribution in [0.5, 0.6) is 11.5 Å². The van der Waals surface area contributed by atoms with Gasteiger partial charge in [0.25, 0.3) is 0 Å². The van der Waals surface area contributed by atoms with E-state index in [0.717, 1.165) is 11.3 Å². The van der Waals surface area contributed by atoms with E-state index in [1.54, 1.807) is 7.11 Å². The van der Waals surface area contributed by atoms with E-state index >= 15 is 0 Å². The summed E-state index contributed by atoms with van der Waals surface area (Å²) < 4.78 is 11.1. The van der Waals surface area contributed by atoms with Gasteiger partial charge >= 0.3 is 0 Å². The van der Waals surface area contributed by atoms with E-state index in [1.165, 1.54) is 5.56 Å². The number of hydrogen-bond acceptors (Lipinski definition) is 3. The standard InChI is InChI=1S/C17H18ClNO2/c1-19-17(11-7-8-14(18)16(9-11)20-2)13-10-21-15-6-4-3-5-12(13)15/h3-9,13,17,19H,10H2,1-2H3. The van der Waals surface area contributed by atoms with Crippen molar-refractivity contribution < 1.29 is 9.47 Å². The minimum atomic E-state index is 0.153. The summed E-state index contributed by atoms with van der Waals surface area (Å²) in [5, 5.41) is 4.02. The van der Waals surface area contributed by atoms with Crippen LogP contribution in [0, 0.1) is 0 Å². The van der Waals surface area contributed by atoms with Gasteiger partial charge in [0.1, 0.15) is 11.5 Å².